The summed E-state index contributed by atoms with van der Waals surface area (Å²) in [4.78, 5) is 14.8. The largest absolute Gasteiger partial charge is 0.341 e. The number of hydrogen-bond donors (Lipinski definition) is 1. The molecule has 2 heterocycles. The molecule has 1 amide bonds. The van der Waals surface area contributed by atoms with E-state index in [2.05, 4.69) is 24.1 Å². The Balaban J connectivity index is 2.05. The molecule has 98 valence electrons. The van der Waals surface area contributed by atoms with Gasteiger partial charge in [0.05, 0.1) is 5.54 Å². The van der Waals surface area contributed by atoms with Crippen molar-refractivity contribution in [3.8, 4) is 0 Å². The van der Waals surface area contributed by atoms with Gasteiger partial charge in [0.15, 0.2) is 0 Å². The standard InChI is InChI=1S/C14H26N2O/c1-3-7-14(8-5-9-15-14)13(17)16-10-4-6-12(2)11-16/h12,15H,3-11H2,1-2H3. The molecule has 0 aromatic carbocycles. The third-order valence-electron chi connectivity index (χ3n) is 4.27. The Hall–Kier alpha value is -0.570. The number of carbonyl (C=O) groups excluding carboxylic acids is 1. The van der Waals surface area contributed by atoms with Crippen molar-refractivity contribution in [2.24, 2.45) is 5.92 Å². The minimum Gasteiger partial charge on any atom is -0.341 e. The van der Waals surface area contributed by atoms with Crippen molar-refractivity contribution in [3.63, 3.8) is 0 Å². The number of nitrogens with zero attached hydrogens (tertiary/aromatic N) is 1. The summed E-state index contributed by atoms with van der Waals surface area (Å²) in [6, 6.07) is 0. The van der Waals surface area contributed by atoms with Gasteiger partial charge in [0, 0.05) is 13.1 Å². The van der Waals surface area contributed by atoms with Crippen molar-refractivity contribution in [1.82, 2.24) is 10.2 Å². The maximum atomic E-state index is 12.7. The van der Waals surface area contributed by atoms with Crippen molar-refractivity contribution in [3.05, 3.63) is 0 Å². The van der Waals surface area contributed by atoms with E-state index in [1.54, 1.807) is 0 Å². The van der Waals surface area contributed by atoms with Crippen molar-refractivity contribution in [2.45, 2.75) is 57.9 Å². The van der Waals surface area contributed by atoms with Crippen LogP contribution in [-0.4, -0.2) is 36.0 Å². The lowest BCUT2D eigenvalue weighted by molar-refractivity contribution is -0.140. The lowest BCUT2D eigenvalue weighted by Crippen LogP contribution is -2.56. The predicted octanol–water partition coefficient (Wildman–Crippen LogP) is 2.17. The van der Waals surface area contributed by atoms with E-state index in [0.717, 1.165) is 45.3 Å². The molecule has 0 spiro atoms. The molecule has 0 bridgehead atoms. The molecular weight excluding hydrogens is 212 g/mol. The smallest absolute Gasteiger partial charge is 0.242 e. The van der Waals surface area contributed by atoms with Gasteiger partial charge in [-0.1, -0.05) is 20.3 Å². The molecule has 0 aromatic heterocycles. The minimum atomic E-state index is -0.216. The topological polar surface area (TPSA) is 32.3 Å². The van der Waals surface area contributed by atoms with E-state index in [1.165, 1.54) is 12.8 Å². The molecule has 2 aliphatic heterocycles. The van der Waals surface area contributed by atoms with Crippen molar-refractivity contribution < 1.29 is 4.79 Å². The second kappa shape index (κ2) is 5.38. The molecule has 2 unspecified atom stereocenters. The van der Waals surface area contributed by atoms with Gasteiger partial charge < -0.3 is 10.2 Å². The van der Waals surface area contributed by atoms with E-state index >= 15 is 0 Å². The molecule has 2 rings (SSSR count). The molecule has 2 atom stereocenters. The van der Waals surface area contributed by atoms with Gasteiger partial charge in [-0.05, 0) is 44.6 Å². The zero-order valence-electron chi connectivity index (χ0n) is 11.3. The third-order valence-corrected chi connectivity index (χ3v) is 4.27. The van der Waals surface area contributed by atoms with Crippen LogP contribution in [0.15, 0.2) is 0 Å². The summed E-state index contributed by atoms with van der Waals surface area (Å²) >= 11 is 0. The van der Waals surface area contributed by atoms with E-state index in [0.29, 0.717) is 11.8 Å². The average Bonchev–Trinajstić information content (AvgIpc) is 2.78. The highest BCUT2D eigenvalue weighted by atomic mass is 16.2. The lowest BCUT2D eigenvalue weighted by Gasteiger charge is -2.38. The first kappa shape index (κ1) is 12.9. The van der Waals surface area contributed by atoms with E-state index in [-0.39, 0.29) is 5.54 Å². The summed E-state index contributed by atoms with van der Waals surface area (Å²) in [5.41, 5.74) is -0.216. The molecule has 2 aliphatic rings. The highest BCUT2D eigenvalue weighted by Crippen LogP contribution is 2.29. The number of carbonyl (C=O) groups is 1. The second-order valence-electron chi connectivity index (χ2n) is 5.86. The number of nitrogens with one attached hydrogen (secondary N) is 1. The van der Waals surface area contributed by atoms with E-state index in [4.69, 9.17) is 0 Å². The summed E-state index contributed by atoms with van der Waals surface area (Å²) < 4.78 is 0. The molecule has 2 fully saturated rings. The van der Waals surface area contributed by atoms with Gasteiger partial charge in [-0.3, -0.25) is 4.79 Å². The predicted molar refractivity (Wildman–Crippen MR) is 69.9 cm³/mol. The van der Waals surface area contributed by atoms with Gasteiger partial charge in [0.2, 0.25) is 5.91 Å². The molecule has 1 N–H and O–H groups in total. The number of piperidine rings is 1. The number of likely N-dealkylation sites (tertiary alicyclic amines) is 1. The molecule has 3 nitrogen and oxygen atoms in total. The quantitative estimate of drug-likeness (QED) is 0.817. The highest BCUT2D eigenvalue weighted by molar-refractivity contribution is 5.86. The average molecular weight is 238 g/mol. The molecule has 17 heavy (non-hydrogen) atoms. The van der Waals surface area contributed by atoms with E-state index in [1.807, 2.05) is 0 Å². The zero-order valence-corrected chi connectivity index (χ0v) is 11.3. The van der Waals surface area contributed by atoms with Crippen LogP contribution in [0.2, 0.25) is 0 Å². The Labute approximate surface area is 105 Å². The minimum absolute atomic E-state index is 0.216. The van der Waals surface area contributed by atoms with Crippen LogP contribution in [0.1, 0.15) is 52.4 Å². The van der Waals surface area contributed by atoms with Crippen LogP contribution in [-0.2, 0) is 4.79 Å². The molecule has 0 aromatic rings. The summed E-state index contributed by atoms with van der Waals surface area (Å²) in [6.07, 6.45) is 6.71. The van der Waals surface area contributed by atoms with E-state index < -0.39 is 0 Å². The summed E-state index contributed by atoms with van der Waals surface area (Å²) in [6.45, 7) is 7.37. The number of hydrogen-bond acceptors (Lipinski definition) is 2. The van der Waals surface area contributed by atoms with Gasteiger partial charge in [0.25, 0.3) is 0 Å². The highest BCUT2D eigenvalue weighted by Gasteiger charge is 2.42. The van der Waals surface area contributed by atoms with Crippen LogP contribution in [0.4, 0.5) is 0 Å². The van der Waals surface area contributed by atoms with Crippen LogP contribution >= 0.6 is 0 Å². The molecule has 0 radical (unpaired) electrons. The van der Waals surface area contributed by atoms with Gasteiger partial charge in [-0.15, -0.1) is 0 Å². The fourth-order valence-electron chi connectivity index (χ4n) is 3.41. The van der Waals surface area contributed by atoms with Gasteiger partial charge in [0.1, 0.15) is 0 Å². The van der Waals surface area contributed by atoms with Crippen LogP contribution in [0.25, 0.3) is 0 Å². The summed E-state index contributed by atoms with van der Waals surface area (Å²) in [5, 5.41) is 3.49. The third kappa shape index (κ3) is 2.65. The van der Waals surface area contributed by atoms with Crippen molar-refractivity contribution >= 4 is 5.91 Å². The Morgan fingerprint density at radius 1 is 1.47 bits per heavy atom. The first-order chi connectivity index (χ1) is 8.18. The first-order valence-electron chi connectivity index (χ1n) is 7.22. The Morgan fingerprint density at radius 2 is 2.29 bits per heavy atom. The molecule has 2 saturated heterocycles. The van der Waals surface area contributed by atoms with Gasteiger partial charge in [-0.2, -0.15) is 0 Å². The SMILES string of the molecule is CCCC1(C(=O)N2CCCC(C)C2)CCCN1. The van der Waals surface area contributed by atoms with Gasteiger partial charge in [-0.25, -0.2) is 0 Å². The first-order valence-corrected chi connectivity index (χ1v) is 7.22. The van der Waals surface area contributed by atoms with Gasteiger partial charge >= 0.3 is 0 Å². The fourth-order valence-corrected chi connectivity index (χ4v) is 3.41. The zero-order chi connectivity index (χ0) is 12.3. The molecule has 3 heteroatoms. The molecule has 0 saturated carbocycles. The van der Waals surface area contributed by atoms with Crippen LogP contribution < -0.4 is 5.32 Å². The Bertz CT molecular complexity index is 271. The monoisotopic (exact) mass is 238 g/mol. The lowest BCUT2D eigenvalue weighted by atomic mass is 9.88. The summed E-state index contributed by atoms with van der Waals surface area (Å²) in [7, 11) is 0. The maximum absolute atomic E-state index is 12.7. The number of amides is 1. The van der Waals surface area contributed by atoms with Crippen molar-refractivity contribution in [2.75, 3.05) is 19.6 Å². The maximum Gasteiger partial charge on any atom is 0.242 e. The molecule has 0 aliphatic carbocycles. The van der Waals surface area contributed by atoms with Crippen LogP contribution in [0.3, 0.4) is 0 Å². The molecular formula is C14H26N2O. The number of rotatable bonds is 3. The Morgan fingerprint density at radius 3 is 2.88 bits per heavy atom. The normalized spacial score (nSPS) is 34.0. The fraction of sp³-hybridized carbons (Fsp3) is 0.929. The summed E-state index contributed by atoms with van der Waals surface area (Å²) in [5.74, 6) is 1.05. The van der Waals surface area contributed by atoms with Crippen LogP contribution in [0, 0.1) is 5.92 Å². The second-order valence-corrected chi connectivity index (χ2v) is 5.86. The Kier molecular flexibility index (Phi) is 4.08. The van der Waals surface area contributed by atoms with E-state index in [9.17, 15) is 4.79 Å². The van der Waals surface area contributed by atoms with Crippen molar-refractivity contribution in [1.29, 1.82) is 0 Å². The van der Waals surface area contributed by atoms with Crippen LogP contribution in [0.5, 0.6) is 0 Å².